The lowest BCUT2D eigenvalue weighted by atomic mass is 10.2. The first kappa shape index (κ1) is 15.5. The quantitative estimate of drug-likeness (QED) is 0.675. The van der Waals surface area contributed by atoms with Crippen LogP contribution < -0.4 is 15.0 Å². The molecular weight excluding hydrogens is 284 g/mol. The lowest BCUT2D eigenvalue weighted by molar-refractivity contribution is 0.00110. The molecule has 2 heterocycles. The Morgan fingerprint density at radius 3 is 2.73 bits per heavy atom. The number of nitrogens with one attached hydrogen (secondary N) is 1. The maximum atomic E-state index is 9.72. The molecule has 1 aromatic rings. The summed E-state index contributed by atoms with van der Waals surface area (Å²) in [5, 5.41) is 22.4. The van der Waals surface area contributed by atoms with E-state index in [2.05, 4.69) is 15.2 Å². The number of fused-ring (bicyclic) bond motifs is 1. The zero-order chi connectivity index (χ0) is 15.5. The molecule has 1 saturated heterocycles. The standard InChI is InChI=1S/C15H24N4O3/c1-10(20)13(21)9-22-14-11-3-2-4-12(11)17-15(18-14)19-7-5-16-6-8-19/h10,13,16,20-21H,2-9H2,1H3/t10-,13-/m0/s1. The molecule has 1 aromatic heterocycles. The Morgan fingerprint density at radius 2 is 2.00 bits per heavy atom. The summed E-state index contributed by atoms with van der Waals surface area (Å²) in [6.07, 6.45) is 1.20. The number of aliphatic hydroxyl groups is 2. The summed E-state index contributed by atoms with van der Waals surface area (Å²) < 4.78 is 5.70. The van der Waals surface area contributed by atoms with Gasteiger partial charge in [-0.3, -0.25) is 0 Å². The molecule has 3 N–H and O–H groups in total. The van der Waals surface area contributed by atoms with E-state index in [-0.39, 0.29) is 6.61 Å². The molecule has 122 valence electrons. The zero-order valence-electron chi connectivity index (χ0n) is 13.0. The fourth-order valence-electron chi connectivity index (χ4n) is 2.81. The minimum Gasteiger partial charge on any atom is -0.474 e. The Kier molecular flexibility index (Phi) is 4.75. The third-order valence-corrected chi connectivity index (χ3v) is 4.23. The van der Waals surface area contributed by atoms with Crippen LogP contribution in [0.15, 0.2) is 0 Å². The van der Waals surface area contributed by atoms with Gasteiger partial charge in [-0.05, 0) is 26.2 Å². The number of hydrogen-bond acceptors (Lipinski definition) is 7. The number of piperazine rings is 1. The van der Waals surface area contributed by atoms with Crippen LogP contribution in [0.5, 0.6) is 5.88 Å². The Morgan fingerprint density at radius 1 is 1.23 bits per heavy atom. The van der Waals surface area contributed by atoms with Crippen molar-refractivity contribution in [2.24, 2.45) is 0 Å². The minimum atomic E-state index is -0.908. The van der Waals surface area contributed by atoms with Crippen LogP contribution >= 0.6 is 0 Å². The van der Waals surface area contributed by atoms with Gasteiger partial charge in [0.1, 0.15) is 12.7 Å². The molecule has 2 atom stereocenters. The summed E-state index contributed by atoms with van der Waals surface area (Å²) in [6.45, 7) is 5.21. The van der Waals surface area contributed by atoms with Gasteiger partial charge < -0.3 is 25.2 Å². The predicted molar refractivity (Wildman–Crippen MR) is 82.3 cm³/mol. The first-order valence-electron chi connectivity index (χ1n) is 7.99. The first-order chi connectivity index (χ1) is 10.6. The summed E-state index contributed by atoms with van der Waals surface area (Å²) in [6, 6.07) is 0. The second-order valence-electron chi connectivity index (χ2n) is 5.96. The van der Waals surface area contributed by atoms with E-state index >= 15 is 0 Å². The van der Waals surface area contributed by atoms with Crippen LogP contribution in [0.1, 0.15) is 24.6 Å². The molecular formula is C15H24N4O3. The van der Waals surface area contributed by atoms with E-state index in [1.165, 1.54) is 0 Å². The summed E-state index contributed by atoms with van der Waals surface area (Å²) >= 11 is 0. The van der Waals surface area contributed by atoms with E-state index in [1.54, 1.807) is 6.92 Å². The molecule has 1 aliphatic heterocycles. The molecule has 1 aliphatic carbocycles. The number of aromatic nitrogens is 2. The van der Waals surface area contributed by atoms with Crippen LogP contribution in [0.25, 0.3) is 0 Å². The highest BCUT2D eigenvalue weighted by atomic mass is 16.5. The number of aliphatic hydroxyl groups excluding tert-OH is 2. The molecule has 2 aliphatic rings. The Balaban J connectivity index is 1.80. The normalized spacial score (nSPS) is 20.6. The maximum absolute atomic E-state index is 9.72. The SMILES string of the molecule is C[C@H](O)[C@@H](O)COc1nc(N2CCNCC2)nc2c1CCC2. The van der Waals surface area contributed by atoms with E-state index in [9.17, 15) is 10.2 Å². The molecule has 0 radical (unpaired) electrons. The average molecular weight is 308 g/mol. The van der Waals surface area contributed by atoms with Crippen LogP contribution in [-0.2, 0) is 12.8 Å². The van der Waals surface area contributed by atoms with Gasteiger partial charge in [-0.1, -0.05) is 0 Å². The maximum Gasteiger partial charge on any atom is 0.228 e. The van der Waals surface area contributed by atoms with Gasteiger partial charge in [0.15, 0.2) is 0 Å². The lowest BCUT2D eigenvalue weighted by Crippen LogP contribution is -2.44. The third kappa shape index (κ3) is 3.31. The zero-order valence-corrected chi connectivity index (χ0v) is 13.0. The van der Waals surface area contributed by atoms with Crippen LogP contribution in [0.3, 0.4) is 0 Å². The number of aryl methyl sites for hydroxylation is 1. The molecule has 0 amide bonds. The molecule has 1 fully saturated rings. The van der Waals surface area contributed by atoms with Crippen LogP contribution in [0.4, 0.5) is 5.95 Å². The van der Waals surface area contributed by atoms with Crippen molar-refractivity contribution in [1.82, 2.24) is 15.3 Å². The van der Waals surface area contributed by atoms with Gasteiger partial charge in [-0.25, -0.2) is 4.98 Å². The van der Waals surface area contributed by atoms with Gasteiger partial charge >= 0.3 is 0 Å². The minimum absolute atomic E-state index is 0.0438. The first-order valence-corrected chi connectivity index (χ1v) is 7.99. The van der Waals surface area contributed by atoms with Crippen molar-refractivity contribution in [2.75, 3.05) is 37.7 Å². The van der Waals surface area contributed by atoms with Crippen molar-refractivity contribution >= 4 is 5.95 Å². The van der Waals surface area contributed by atoms with Crippen molar-refractivity contribution in [3.8, 4) is 5.88 Å². The largest absolute Gasteiger partial charge is 0.474 e. The van der Waals surface area contributed by atoms with Crippen LogP contribution in [0.2, 0.25) is 0 Å². The number of anilines is 1. The van der Waals surface area contributed by atoms with E-state index in [0.717, 1.165) is 56.7 Å². The molecule has 0 spiro atoms. The van der Waals surface area contributed by atoms with Crippen LogP contribution in [-0.4, -0.2) is 65.2 Å². The molecule has 7 heteroatoms. The fraction of sp³-hybridized carbons (Fsp3) is 0.733. The number of ether oxygens (including phenoxy) is 1. The van der Waals surface area contributed by atoms with Crippen molar-refractivity contribution in [3.63, 3.8) is 0 Å². The van der Waals surface area contributed by atoms with E-state index in [0.29, 0.717) is 11.8 Å². The predicted octanol–water partition coefficient (Wildman–Crippen LogP) is -0.505. The van der Waals surface area contributed by atoms with Gasteiger partial charge in [0.2, 0.25) is 11.8 Å². The number of nitrogens with zero attached hydrogens (tertiary/aromatic N) is 3. The molecule has 0 bridgehead atoms. The molecule has 22 heavy (non-hydrogen) atoms. The van der Waals surface area contributed by atoms with Gasteiger partial charge in [-0.15, -0.1) is 0 Å². The topological polar surface area (TPSA) is 90.7 Å². The van der Waals surface area contributed by atoms with Crippen molar-refractivity contribution in [3.05, 3.63) is 11.3 Å². The molecule has 0 saturated carbocycles. The highest BCUT2D eigenvalue weighted by Crippen LogP contribution is 2.30. The van der Waals surface area contributed by atoms with Crippen molar-refractivity contribution < 1.29 is 14.9 Å². The van der Waals surface area contributed by atoms with E-state index in [1.807, 2.05) is 0 Å². The van der Waals surface area contributed by atoms with Gasteiger partial charge in [0.05, 0.1) is 11.8 Å². The van der Waals surface area contributed by atoms with E-state index in [4.69, 9.17) is 9.72 Å². The summed E-state index contributed by atoms with van der Waals surface area (Å²) in [7, 11) is 0. The lowest BCUT2D eigenvalue weighted by Gasteiger charge is -2.28. The Bertz CT molecular complexity index is 518. The van der Waals surface area contributed by atoms with Crippen molar-refractivity contribution in [2.45, 2.75) is 38.4 Å². The summed E-state index contributed by atoms with van der Waals surface area (Å²) in [4.78, 5) is 11.4. The number of hydrogen-bond donors (Lipinski definition) is 3. The van der Waals surface area contributed by atoms with E-state index < -0.39 is 12.2 Å². The smallest absolute Gasteiger partial charge is 0.228 e. The molecule has 0 aromatic carbocycles. The highest BCUT2D eigenvalue weighted by Gasteiger charge is 2.24. The number of rotatable bonds is 5. The third-order valence-electron chi connectivity index (χ3n) is 4.23. The average Bonchev–Trinajstić information content (AvgIpc) is 3.01. The van der Waals surface area contributed by atoms with Gasteiger partial charge in [-0.2, -0.15) is 4.98 Å². The second-order valence-corrected chi connectivity index (χ2v) is 5.96. The van der Waals surface area contributed by atoms with Gasteiger partial charge in [0, 0.05) is 31.7 Å². The van der Waals surface area contributed by atoms with Gasteiger partial charge in [0.25, 0.3) is 0 Å². The monoisotopic (exact) mass is 308 g/mol. The van der Waals surface area contributed by atoms with Crippen LogP contribution in [0, 0.1) is 0 Å². The fourth-order valence-corrected chi connectivity index (χ4v) is 2.81. The highest BCUT2D eigenvalue weighted by molar-refractivity contribution is 5.42. The molecule has 0 unspecified atom stereocenters. The molecule has 3 rings (SSSR count). The Labute approximate surface area is 130 Å². The second kappa shape index (κ2) is 6.76. The Hall–Kier alpha value is -1.44. The summed E-state index contributed by atoms with van der Waals surface area (Å²) in [5.41, 5.74) is 2.11. The molecule has 7 nitrogen and oxygen atoms in total. The van der Waals surface area contributed by atoms with Crippen molar-refractivity contribution in [1.29, 1.82) is 0 Å². The summed E-state index contributed by atoms with van der Waals surface area (Å²) in [5.74, 6) is 1.28.